The minimum Gasteiger partial charge on any atom is -0.317 e. The average Bonchev–Trinajstić information content (AvgIpc) is 2.83. The van der Waals surface area contributed by atoms with E-state index in [1.165, 1.54) is 15.6 Å². The molecule has 21 heavy (non-hydrogen) atoms. The molecule has 1 heterocycles. The van der Waals surface area contributed by atoms with Gasteiger partial charge in [0.2, 0.25) is 0 Å². The first-order valence-electron chi connectivity index (χ1n) is 7.11. The van der Waals surface area contributed by atoms with Crippen LogP contribution in [0.25, 0.3) is 0 Å². The highest BCUT2D eigenvalue weighted by Crippen LogP contribution is 2.21. The summed E-state index contributed by atoms with van der Waals surface area (Å²) in [6, 6.07) is 3.75. The van der Waals surface area contributed by atoms with Crippen molar-refractivity contribution in [3.8, 4) is 0 Å². The van der Waals surface area contributed by atoms with E-state index in [0.717, 1.165) is 35.1 Å². The molecule has 0 unspecified atom stereocenters. The van der Waals surface area contributed by atoms with E-state index < -0.39 is 10.2 Å². The Balaban J connectivity index is 2.24. The van der Waals surface area contributed by atoms with E-state index in [9.17, 15) is 8.42 Å². The molecule has 1 aromatic rings. The minimum absolute atomic E-state index is 0.387. The van der Waals surface area contributed by atoms with E-state index in [4.69, 9.17) is 11.6 Å². The lowest BCUT2D eigenvalue weighted by atomic mass is 10.3. The summed E-state index contributed by atoms with van der Waals surface area (Å²) in [5.74, 6) is 0. The van der Waals surface area contributed by atoms with Crippen LogP contribution in [0.5, 0.6) is 0 Å². The van der Waals surface area contributed by atoms with Gasteiger partial charge in [-0.05, 0) is 44.5 Å². The van der Waals surface area contributed by atoms with Crippen LogP contribution in [0.3, 0.4) is 0 Å². The smallest absolute Gasteiger partial charge is 0.279 e. The van der Waals surface area contributed by atoms with E-state index in [-0.39, 0.29) is 0 Å². The molecule has 1 rings (SSSR count). The largest absolute Gasteiger partial charge is 0.317 e. The van der Waals surface area contributed by atoms with Gasteiger partial charge >= 0.3 is 0 Å². The summed E-state index contributed by atoms with van der Waals surface area (Å²) in [6.07, 6.45) is 2.54. The summed E-state index contributed by atoms with van der Waals surface area (Å²) < 4.78 is 28.7. The zero-order valence-electron chi connectivity index (χ0n) is 12.6. The second-order valence-corrected chi connectivity index (χ2v) is 8.44. The lowest BCUT2D eigenvalue weighted by Crippen LogP contribution is -2.40. The molecule has 0 saturated heterocycles. The van der Waals surface area contributed by atoms with Gasteiger partial charge in [0.1, 0.15) is 0 Å². The van der Waals surface area contributed by atoms with Gasteiger partial charge in [0.05, 0.1) is 4.34 Å². The van der Waals surface area contributed by atoms with Crippen LogP contribution < -0.4 is 10.0 Å². The van der Waals surface area contributed by atoms with Gasteiger partial charge in [-0.2, -0.15) is 12.7 Å². The predicted octanol–water partition coefficient (Wildman–Crippen LogP) is 2.10. The normalized spacial score (nSPS) is 12.2. The van der Waals surface area contributed by atoms with Gasteiger partial charge < -0.3 is 5.32 Å². The zero-order valence-corrected chi connectivity index (χ0v) is 15.0. The van der Waals surface area contributed by atoms with Crippen LogP contribution in [-0.4, -0.2) is 45.9 Å². The van der Waals surface area contributed by atoms with Crippen molar-refractivity contribution < 1.29 is 8.42 Å². The molecule has 0 radical (unpaired) electrons. The summed E-state index contributed by atoms with van der Waals surface area (Å²) in [4.78, 5) is 1.08. The van der Waals surface area contributed by atoms with Crippen molar-refractivity contribution in [3.63, 3.8) is 0 Å². The maximum absolute atomic E-state index is 12.0. The van der Waals surface area contributed by atoms with E-state index in [2.05, 4.69) is 17.0 Å². The van der Waals surface area contributed by atoms with E-state index >= 15 is 0 Å². The van der Waals surface area contributed by atoms with Crippen molar-refractivity contribution in [3.05, 3.63) is 21.3 Å². The molecule has 0 amide bonds. The third-order valence-corrected chi connectivity index (χ3v) is 5.81. The van der Waals surface area contributed by atoms with Gasteiger partial charge in [0.25, 0.3) is 10.2 Å². The number of hydrogen-bond acceptors (Lipinski definition) is 4. The fourth-order valence-electron chi connectivity index (χ4n) is 1.75. The molecular formula is C13H24ClN3O2S2. The highest BCUT2D eigenvalue weighted by molar-refractivity contribution is 7.87. The molecule has 0 aliphatic rings. The van der Waals surface area contributed by atoms with Gasteiger partial charge in [-0.1, -0.05) is 18.5 Å². The third kappa shape index (κ3) is 7.58. The number of halogens is 1. The third-order valence-electron chi connectivity index (χ3n) is 2.95. The van der Waals surface area contributed by atoms with E-state index in [1.54, 1.807) is 7.05 Å². The maximum Gasteiger partial charge on any atom is 0.279 e. The van der Waals surface area contributed by atoms with Crippen LogP contribution >= 0.6 is 22.9 Å². The first-order chi connectivity index (χ1) is 9.95. The molecule has 122 valence electrons. The van der Waals surface area contributed by atoms with Crippen LogP contribution in [0.4, 0.5) is 0 Å². The SMILES string of the molecule is CCCNCCCN(C)S(=O)(=O)NCCc1ccc(Cl)s1. The molecule has 5 nitrogen and oxygen atoms in total. The fraction of sp³-hybridized carbons (Fsp3) is 0.692. The van der Waals surface area contributed by atoms with Crippen molar-refractivity contribution in [2.24, 2.45) is 0 Å². The molecule has 1 aromatic heterocycles. The van der Waals surface area contributed by atoms with Crippen molar-refractivity contribution >= 4 is 33.1 Å². The van der Waals surface area contributed by atoms with Gasteiger partial charge in [-0.3, -0.25) is 0 Å². The Morgan fingerprint density at radius 2 is 2.05 bits per heavy atom. The lowest BCUT2D eigenvalue weighted by Gasteiger charge is -2.17. The number of thiophene rings is 1. The Morgan fingerprint density at radius 1 is 1.29 bits per heavy atom. The minimum atomic E-state index is -3.39. The Labute approximate surface area is 136 Å². The molecule has 0 fully saturated rings. The molecule has 0 aliphatic carbocycles. The zero-order chi connectivity index (χ0) is 15.7. The highest BCUT2D eigenvalue weighted by atomic mass is 35.5. The van der Waals surface area contributed by atoms with Crippen molar-refractivity contribution in [1.82, 2.24) is 14.3 Å². The highest BCUT2D eigenvalue weighted by Gasteiger charge is 2.16. The first kappa shape index (κ1) is 18.9. The number of nitrogens with zero attached hydrogens (tertiary/aromatic N) is 1. The number of nitrogens with one attached hydrogen (secondary N) is 2. The quantitative estimate of drug-likeness (QED) is 0.599. The maximum atomic E-state index is 12.0. The Kier molecular flexibility index (Phi) is 8.77. The van der Waals surface area contributed by atoms with Crippen LogP contribution in [0.15, 0.2) is 12.1 Å². The summed E-state index contributed by atoms with van der Waals surface area (Å²) in [7, 11) is -1.79. The van der Waals surface area contributed by atoms with E-state index in [0.29, 0.717) is 19.5 Å². The Hall–Kier alpha value is -0.180. The lowest BCUT2D eigenvalue weighted by molar-refractivity contribution is 0.445. The van der Waals surface area contributed by atoms with Crippen LogP contribution in [-0.2, 0) is 16.6 Å². The second-order valence-electron chi connectivity index (χ2n) is 4.78. The number of rotatable bonds is 11. The van der Waals surface area contributed by atoms with Gasteiger partial charge in [-0.25, -0.2) is 4.72 Å². The Bertz CT molecular complexity index is 505. The topological polar surface area (TPSA) is 61.4 Å². The van der Waals surface area contributed by atoms with Crippen molar-refractivity contribution in [1.29, 1.82) is 0 Å². The van der Waals surface area contributed by atoms with Crippen LogP contribution in [0.2, 0.25) is 4.34 Å². The van der Waals surface area contributed by atoms with Crippen molar-refractivity contribution in [2.45, 2.75) is 26.2 Å². The molecule has 0 aromatic carbocycles. The molecule has 8 heteroatoms. The summed E-state index contributed by atoms with van der Waals surface area (Å²) in [5, 5.41) is 3.26. The van der Waals surface area contributed by atoms with Gasteiger partial charge in [-0.15, -0.1) is 11.3 Å². The van der Waals surface area contributed by atoms with E-state index in [1.807, 2.05) is 12.1 Å². The summed E-state index contributed by atoms with van der Waals surface area (Å²) in [5.41, 5.74) is 0. The molecule has 2 N–H and O–H groups in total. The molecule has 0 spiro atoms. The molecule has 0 bridgehead atoms. The Morgan fingerprint density at radius 3 is 2.67 bits per heavy atom. The average molecular weight is 354 g/mol. The number of hydrogen-bond donors (Lipinski definition) is 2. The fourth-order valence-corrected chi connectivity index (χ4v) is 3.79. The molecular weight excluding hydrogens is 330 g/mol. The van der Waals surface area contributed by atoms with Crippen molar-refractivity contribution in [2.75, 3.05) is 33.2 Å². The predicted molar refractivity (Wildman–Crippen MR) is 90.4 cm³/mol. The molecule has 0 atom stereocenters. The van der Waals surface area contributed by atoms with Crippen LogP contribution in [0, 0.1) is 0 Å². The molecule has 0 aliphatic heterocycles. The standard InChI is InChI=1S/C13H24ClN3O2S2/c1-3-8-15-9-4-11-17(2)21(18,19)16-10-7-12-5-6-13(14)20-12/h5-6,15-16H,3-4,7-11H2,1-2H3. The summed E-state index contributed by atoms with van der Waals surface area (Å²) in [6.45, 7) is 4.81. The van der Waals surface area contributed by atoms with Gasteiger partial charge in [0.15, 0.2) is 0 Å². The van der Waals surface area contributed by atoms with Crippen LogP contribution in [0.1, 0.15) is 24.6 Å². The van der Waals surface area contributed by atoms with Gasteiger partial charge in [0, 0.05) is 25.0 Å². The molecule has 0 saturated carbocycles. The first-order valence-corrected chi connectivity index (χ1v) is 9.75. The monoisotopic (exact) mass is 353 g/mol. The summed E-state index contributed by atoms with van der Waals surface area (Å²) >= 11 is 7.32. The second kappa shape index (κ2) is 9.76.